The van der Waals surface area contributed by atoms with Crippen LogP contribution < -0.4 is 0 Å². The third-order valence-corrected chi connectivity index (χ3v) is 5.29. The van der Waals surface area contributed by atoms with Crippen molar-refractivity contribution in [1.29, 1.82) is 0 Å². The Morgan fingerprint density at radius 3 is 2.35 bits per heavy atom. The largest absolute Gasteiger partial charge is 0.394 e. The number of alkyl halides is 1. The molecule has 1 saturated heterocycles. The first-order chi connectivity index (χ1) is 15.0. The van der Waals surface area contributed by atoms with Gasteiger partial charge in [0.15, 0.2) is 6.17 Å². The van der Waals surface area contributed by atoms with E-state index in [4.69, 9.17) is 4.74 Å². The predicted molar refractivity (Wildman–Crippen MR) is 118 cm³/mol. The summed E-state index contributed by atoms with van der Waals surface area (Å²) in [7, 11) is 0. The molecule has 3 nitrogen and oxygen atoms in total. The molecule has 1 fully saturated rings. The van der Waals surface area contributed by atoms with Gasteiger partial charge in [0.2, 0.25) is 0 Å². The summed E-state index contributed by atoms with van der Waals surface area (Å²) in [6.07, 6.45) is -0.791. The summed E-state index contributed by atoms with van der Waals surface area (Å²) >= 11 is 0. The first kappa shape index (κ1) is 23.1. The molecule has 4 rings (SSSR count). The van der Waals surface area contributed by atoms with Crippen molar-refractivity contribution < 1.29 is 23.7 Å². The number of halogens is 2. The zero-order valence-corrected chi connectivity index (χ0v) is 17.5. The molecule has 0 saturated carbocycles. The average Bonchev–Trinajstić information content (AvgIpc) is 3.04. The van der Waals surface area contributed by atoms with Gasteiger partial charge in [-0.15, -0.1) is 6.58 Å². The molecule has 1 aliphatic heterocycles. The molecule has 0 radical (unpaired) electrons. The number of hydrogen-bond donors (Lipinski definition) is 2. The van der Waals surface area contributed by atoms with Crippen LogP contribution in [-0.2, 0) is 4.74 Å². The third-order valence-electron chi connectivity index (χ3n) is 5.29. The molecule has 0 spiro atoms. The molecule has 5 heteroatoms. The van der Waals surface area contributed by atoms with Crippen LogP contribution in [0.25, 0.3) is 11.1 Å². The maximum absolute atomic E-state index is 15.3. The molecular weight excluding hydrogens is 398 g/mol. The Labute approximate surface area is 182 Å². The van der Waals surface area contributed by atoms with Crippen LogP contribution >= 0.6 is 0 Å². The maximum atomic E-state index is 15.3. The highest BCUT2D eigenvalue weighted by Gasteiger charge is 2.30. The van der Waals surface area contributed by atoms with E-state index in [0.29, 0.717) is 24.0 Å². The van der Waals surface area contributed by atoms with Crippen LogP contribution in [0.2, 0.25) is 0 Å². The topological polar surface area (TPSA) is 49.7 Å². The summed E-state index contributed by atoms with van der Waals surface area (Å²) in [6.45, 7) is 5.05. The van der Waals surface area contributed by atoms with E-state index < -0.39 is 30.3 Å². The second-order valence-electron chi connectivity index (χ2n) is 7.72. The molecule has 164 valence electrons. The lowest BCUT2D eigenvalue weighted by molar-refractivity contribution is -0.113. The van der Waals surface area contributed by atoms with Crippen molar-refractivity contribution in [3.63, 3.8) is 0 Å². The van der Waals surface area contributed by atoms with E-state index in [0.717, 1.165) is 11.1 Å². The Morgan fingerprint density at radius 2 is 1.74 bits per heavy atom. The van der Waals surface area contributed by atoms with E-state index in [9.17, 15) is 14.6 Å². The van der Waals surface area contributed by atoms with Gasteiger partial charge in [0.25, 0.3) is 0 Å². The summed E-state index contributed by atoms with van der Waals surface area (Å²) in [6, 6.07) is 17.2. The Morgan fingerprint density at radius 1 is 1.10 bits per heavy atom. The SMILES string of the molecule is C=CC.OCC1CC(O)C[C@H](c2ccc(F)c(C(F)c3cc4cccccc-4c3)c2)O1. The molecule has 4 atom stereocenters. The zero-order valence-electron chi connectivity index (χ0n) is 17.5. The number of hydrogen-bond acceptors (Lipinski definition) is 3. The number of aliphatic hydroxyl groups is 2. The molecule has 1 aromatic rings. The molecule has 3 unspecified atom stereocenters. The molecule has 0 aromatic heterocycles. The quantitative estimate of drug-likeness (QED) is 0.522. The van der Waals surface area contributed by atoms with Gasteiger partial charge in [-0.2, -0.15) is 0 Å². The first-order valence-electron chi connectivity index (χ1n) is 10.4. The highest BCUT2D eigenvalue weighted by molar-refractivity contribution is 5.68. The van der Waals surface area contributed by atoms with Gasteiger partial charge in [-0.1, -0.05) is 42.5 Å². The van der Waals surface area contributed by atoms with E-state index in [-0.39, 0.29) is 12.2 Å². The number of aliphatic hydroxyl groups excluding tert-OH is 2. The van der Waals surface area contributed by atoms with Crippen LogP contribution in [-0.4, -0.2) is 29.0 Å². The van der Waals surface area contributed by atoms with Crippen LogP contribution in [0, 0.1) is 5.82 Å². The summed E-state index contributed by atoms with van der Waals surface area (Å²) in [4.78, 5) is 0. The number of rotatable bonds is 4. The van der Waals surface area contributed by atoms with Crippen LogP contribution in [0.3, 0.4) is 0 Å². The third kappa shape index (κ3) is 5.56. The van der Waals surface area contributed by atoms with Crippen molar-refractivity contribution in [2.45, 2.75) is 44.2 Å². The van der Waals surface area contributed by atoms with Gasteiger partial charge in [-0.05, 0) is 53.4 Å². The van der Waals surface area contributed by atoms with Gasteiger partial charge in [0.05, 0.1) is 24.9 Å². The van der Waals surface area contributed by atoms with Crippen molar-refractivity contribution in [2.24, 2.45) is 0 Å². The molecule has 0 bridgehead atoms. The second-order valence-corrected chi connectivity index (χ2v) is 7.72. The van der Waals surface area contributed by atoms with E-state index >= 15 is 4.39 Å². The number of benzene rings is 1. The molecular formula is C26H28F2O3. The zero-order chi connectivity index (χ0) is 22.4. The van der Waals surface area contributed by atoms with Gasteiger partial charge in [-0.25, -0.2) is 8.78 Å². The van der Waals surface area contributed by atoms with Crippen LogP contribution in [0.5, 0.6) is 0 Å². The summed E-state index contributed by atoms with van der Waals surface area (Å²) in [5, 5.41) is 19.4. The maximum Gasteiger partial charge on any atom is 0.153 e. The summed E-state index contributed by atoms with van der Waals surface area (Å²) in [5.74, 6) is -0.623. The van der Waals surface area contributed by atoms with Crippen molar-refractivity contribution >= 4 is 0 Å². The predicted octanol–water partition coefficient (Wildman–Crippen LogP) is 5.76. The minimum Gasteiger partial charge on any atom is -0.394 e. The highest BCUT2D eigenvalue weighted by Crippen LogP contribution is 2.38. The molecule has 1 heterocycles. The van der Waals surface area contributed by atoms with Gasteiger partial charge in [0, 0.05) is 18.4 Å². The fraction of sp³-hybridized carbons (Fsp3) is 0.308. The Bertz CT molecular complexity index is 944. The minimum absolute atomic E-state index is 0.0543. The standard InChI is InChI=1S/C23H22F2O3.C3H6/c24-21-7-6-16(22-12-18(27)11-19(13-26)28-22)10-20(21)23(25)17-8-14-4-2-1-3-5-15(14)9-17;1-3-2/h1-10,18-19,22-23,26-27H,11-13H2;3H,1H2,2H3/t18?,19?,22-,23?;/m1./s1. The summed E-state index contributed by atoms with van der Waals surface area (Å²) < 4.78 is 35.5. The summed E-state index contributed by atoms with van der Waals surface area (Å²) in [5.41, 5.74) is 2.72. The first-order valence-corrected chi connectivity index (χ1v) is 10.4. The fourth-order valence-electron chi connectivity index (χ4n) is 3.84. The average molecular weight is 427 g/mol. The van der Waals surface area contributed by atoms with Crippen LogP contribution in [0.15, 0.2) is 73.3 Å². The monoisotopic (exact) mass is 426 g/mol. The lowest BCUT2D eigenvalue weighted by Gasteiger charge is -2.32. The lowest BCUT2D eigenvalue weighted by atomic mass is 9.93. The smallest absolute Gasteiger partial charge is 0.153 e. The molecule has 3 aliphatic rings. The van der Waals surface area contributed by atoms with Crippen molar-refractivity contribution in [3.05, 3.63) is 95.8 Å². The van der Waals surface area contributed by atoms with Gasteiger partial charge in [-0.3, -0.25) is 0 Å². The van der Waals surface area contributed by atoms with E-state index in [2.05, 4.69) is 6.58 Å². The van der Waals surface area contributed by atoms with Crippen molar-refractivity contribution in [2.75, 3.05) is 6.61 Å². The molecule has 31 heavy (non-hydrogen) atoms. The number of allylic oxidation sites excluding steroid dienone is 1. The van der Waals surface area contributed by atoms with Crippen LogP contribution in [0.1, 0.15) is 48.7 Å². The van der Waals surface area contributed by atoms with E-state index in [1.54, 1.807) is 24.3 Å². The lowest BCUT2D eigenvalue weighted by Crippen LogP contribution is -2.33. The molecule has 1 aromatic carbocycles. The minimum atomic E-state index is -1.61. The Hall–Kier alpha value is -2.60. The molecule has 2 aliphatic carbocycles. The van der Waals surface area contributed by atoms with Gasteiger partial charge in [0.1, 0.15) is 5.82 Å². The van der Waals surface area contributed by atoms with E-state index in [1.807, 2.05) is 37.3 Å². The molecule has 2 N–H and O–H groups in total. The van der Waals surface area contributed by atoms with Crippen LogP contribution in [0.4, 0.5) is 8.78 Å². The van der Waals surface area contributed by atoms with Gasteiger partial charge < -0.3 is 14.9 Å². The second kappa shape index (κ2) is 10.6. The molecule has 0 amide bonds. The highest BCUT2D eigenvalue weighted by atomic mass is 19.1. The Balaban J connectivity index is 0.000000858. The van der Waals surface area contributed by atoms with Gasteiger partial charge >= 0.3 is 0 Å². The number of fused-ring (bicyclic) bond motifs is 1. The number of ether oxygens (including phenoxy) is 1. The van der Waals surface area contributed by atoms with E-state index in [1.165, 1.54) is 12.1 Å². The normalized spacial score (nSPS) is 21.8. The fourth-order valence-corrected chi connectivity index (χ4v) is 3.84. The Kier molecular flexibility index (Phi) is 7.91. The van der Waals surface area contributed by atoms with Crippen molar-refractivity contribution in [1.82, 2.24) is 0 Å². The van der Waals surface area contributed by atoms with Crippen molar-refractivity contribution in [3.8, 4) is 11.1 Å².